The van der Waals surface area contributed by atoms with Gasteiger partial charge in [-0.15, -0.1) is 13.2 Å². The molecule has 0 spiro atoms. The Morgan fingerprint density at radius 3 is 2.79 bits per heavy atom. The van der Waals surface area contributed by atoms with E-state index >= 15 is 0 Å². The predicted molar refractivity (Wildman–Crippen MR) is 61.8 cm³/mol. The molecule has 1 aromatic carbocycles. The zero-order chi connectivity index (χ0) is 13.9. The lowest BCUT2D eigenvalue weighted by Crippen LogP contribution is -2.18. The van der Waals surface area contributed by atoms with Crippen LogP contribution in [0.1, 0.15) is 30.1 Å². The zero-order valence-corrected chi connectivity index (χ0v) is 10.2. The maximum atomic E-state index is 11.7. The van der Waals surface area contributed by atoms with E-state index in [1.807, 2.05) is 6.07 Å². The van der Waals surface area contributed by atoms with E-state index in [1.165, 1.54) is 0 Å². The standard InChI is InChI=1S/C13H15F3O3/c14-13(15,16)19-7-6-18-10-5-4-9-2-1-3-12(17)11(9)8-10/h4-5,8,12,17H,1-3,6-7H2/t12-/m1/s1. The van der Waals surface area contributed by atoms with Gasteiger partial charge in [0.2, 0.25) is 0 Å². The van der Waals surface area contributed by atoms with Crippen molar-refractivity contribution in [1.82, 2.24) is 0 Å². The molecular weight excluding hydrogens is 261 g/mol. The summed E-state index contributed by atoms with van der Waals surface area (Å²) in [5.74, 6) is 0.450. The number of halogens is 3. The topological polar surface area (TPSA) is 38.7 Å². The van der Waals surface area contributed by atoms with Gasteiger partial charge in [0.25, 0.3) is 0 Å². The van der Waals surface area contributed by atoms with Crippen molar-refractivity contribution in [2.45, 2.75) is 31.7 Å². The predicted octanol–water partition coefficient (Wildman–Crippen LogP) is 2.97. The molecule has 0 heterocycles. The lowest BCUT2D eigenvalue weighted by atomic mass is 9.89. The number of aryl methyl sites for hydroxylation is 1. The molecule has 3 nitrogen and oxygen atoms in total. The normalized spacial score (nSPS) is 19.1. The smallest absolute Gasteiger partial charge is 0.491 e. The second-order valence-electron chi connectivity index (χ2n) is 4.41. The average Bonchev–Trinajstić information content (AvgIpc) is 2.34. The molecule has 0 bridgehead atoms. The van der Waals surface area contributed by atoms with Crippen LogP contribution >= 0.6 is 0 Å². The van der Waals surface area contributed by atoms with Crippen LogP contribution in [0.4, 0.5) is 13.2 Å². The van der Waals surface area contributed by atoms with Gasteiger partial charge in [0.15, 0.2) is 0 Å². The van der Waals surface area contributed by atoms with Crippen molar-refractivity contribution in [2.24, 2.45) is 0 Å². The minimum absolute atomic E-state index is 0.186. The van der Waals surface area contributed by atoms with Gasteiger partial charge in [0.1, 0.15) is 12.4 Å². The van der Waals surface area contributed by atoms with Crippen molar-refractivity contribution in [3.8, 4) is 5.75 Å². The molecule has 106 valence electrons. The van der Waals surface area contributed by atoms with Gasteiger partial charge in [-0.2, -0.15) is 0 Å². The number of benzene rings is 1. The van der Waals surface area contributed by atoms with Crippen LogP contribution in [0.2, 0.25) is 0 Å². The van der Waals surface area contributed by atoms with Gasteiger partial charge in [-0.3, -0.25) is 4.74 Å². The van der Waals surface area contributed by atoms with Crippen molar-refractivity contribution in [3.63, 3.8) is 0 Å². The van der Waals surface area contributed by atoms with Gasteiger partial charge >= 0.3 is 6.36 Å². The molecule has 19 heavy (non-hydrogen) atoms. The molecule has 0 amide bonds. The Hall–Kier alpha value is -1.27. The lowest BCUT2D eigenvalue weighted by molar-refractivity contribution is -0.325. The van der Waals surface area contributed by atoms with Gasteiger partial charge in [0, 0.05) is 0 Å². The average molecular weight is 276 g/mol. The minimum Gasteiger partial charge on any atom is -0.491 e. The number of hydrogen-bond acceptors (Lipinski definition) is 3. The summed E-state index contributed by atoms with van der Waals surface area (Å²) in [7, 11) is 0. The maximum absolute atomic E-state index is 11.7. The first-order valence-electron chi connectivity index (χ1n) is 6.10. The van der Waals surface area contributed by atoms with Crippen molar-refractivity contribution in [2.75, 3.05) is 13.2 Å². The Morgan fingerprint density at radius 1 is 1.26 bits per heavy atom. The monoisotopic (exact) mass is 276 g/mol. The van der Waals surface area contributed by atoms with E-state index < -0.39 is 19.1 Å². The molecule has 0 unspecified atom stereocenters. The van der Waals surface area contributed by atoms with E-state index in [4.69, 9.17) is 4.74 Å². The molecule has 1 atom stereocenters. The Kier molecular flexibility index (Phi) is 4.31. The molecular formula is C13H15F3O3. The Balaban J connectivity index is 1.89. The summed E-state index contributed by atoms with van der Waals surface area (Å²) in [4.78, 5) is 0. The second kappa shape index (κ2) is 5.79. The number of aliphatic hydroxyl groups excluding tert-OH is 1. The summed E-state index contributed by atoms with van der Waals surface area (Å²) in [6, 6.07) is 5.23. The Labute approximate surface area is 108 Å². The summed E-state index contributed by atoms with van der Waals surface area (Å²) < 4.78 is 44.0. The van der Waals surface area contributed by atoms with Crippen molar-refractivity contribution in [1.29, 1.82) is 0 Å². The van der Waals surface area contributed by atoms with E-state index in [1.54, 1.807) is 12.1 Å². The summed E-state index contributed by atoms with van der Waals surface area (Å²) in [5.41, 5.74) is 1.87. The molecule has 0 aliphatic heterocycles. The van der Waals surface area contributed by atoms with Crippen LogP contribution in [0.15, 0.2) is 18.2 Å². The van der Waals surface area contributed by atoms with Crippen LogP contribution in [0.3, 0.4) is 0 Å². The van der Waals surface area contributed by atoms with E-state index in [0.29, 0.717) is 12.2 Å². The summed E-state index contributed by atoms with van der Waals surface area (Å²) in [5, 5.41) is 9.84. The van der Waals surface area contributed by atoms with Gasteiger partial charge in [-0.25, -0.2) is 0 Å². The van der Waals surface area contributed by atoms with Gasteiger partial charge in [-0.1, -0.05) is 6.07 Å². The van der Waals surface area contributed by atoms with Gasteiger partial charge < -0.3 is 9.84 Å². The molecule has 1 aliphatic carbocycles. The second-order valence-corrected chi connectivity index (χ2v) is 4.41. The molecule has 0 fully saturated rings. The number of rotatable bonds is 4. The van der Waals surface area contributed by atoms with Crippen molar-refractivity contribution >= 4 is 0 Å². The van der Waals surface area contributed by atoms with Gasteiger partial charge in [-0.05, 0) is 42.5 Å². The van der Waals surface area contributed by atoms with Crippen LogP contribution in [0.5, 0.6) is 5.75 Å². The zero-order valence-electron chi connectivity index (χ0n) is 10.2. The maximum Gasteiger partial charge on any atom is 0.522 e. The summed E-state index contributed by atoms with van der Waals surface area (Å²) in [6.07, 6.45) is -2.60. The summed E-state index contributed by atoms with van der Waals surface area (Å²) >= 11 is 0. The number of aliphatic hydroxyl groups is 1. The molecule has 0 aromatic heterocycles. The first-order chi connectivity index (χ1) is 8.96. The fourth-order valence-corrected chi connectivity index (χ4v) is 2.16. The van der Waals surface area contributed by atoms with Crippen LogP contribution < -0.4 is 4.74 Å². The first-order valence-corrected chi connectivity index (χ1v) is 6.10. The van der Waals surface area contributed by atoms with E-state index in [-0.39, 0.29) is 6.61 Å². The fraction of sp³-hybridized carbons (Fsp3) is 0.538. The molecule has 2 rings (SSSR count). The number of alkyl halides is 3. The van der Waals surface area contributed by atoms with Crippen molar-refractivity contribution in [3.05, 3.63) is 29.3 Å². The molecule has 6 heteroatoms. The molecule has 0 saturated carbocycles. The SMILES string of the molecule is O[C@@H]1CCCc2ccc(OCCOC(F)(F)F)cc21. The lowest BCUT2D eigenvalue weighted by Gasteiger charge is -2.22. The van der Waals surface area contributed by atoms with Crippen LogP contribution in [0, 0.1) is 0 Å². The Bertz CT molecular complexity index is 432. The molecule has 1 N–H and O–H groups in total. The molecule has 1 aromatic rings. The highest BCUT2D eigenvalue weighted by Gasteiger charge is 2.28. The first kappa shape index (κ1) is 14.1. The molecule has 1 aliphatic rings. The van der Waals surface area contributed by atoms with E-state index in [0.717, 1.165) is 24.0 Å². The molecule has 0 saturated heterocycles. The largest absolute Gasteiger partial charge is 0.522 e. The van der Waals surface area contributed by atoms with Crippen molar-refractivity contribution < 1.29 is 27.8 Å². The third-order valence-corrected chi connectivity index (χ3v) is 3.02. The highest BCUT2D eigenvalue weighted by atomic mass is 19.4. The van der Waals surface area contributed by atoms with Crippen LogP contribution in [-0.4, -0.2) is 24.7 Å². The minimum atomic E-state index is -4.63. The Morgan fingerprint density at radius 2 is 2.05 bits per heavy atom. The number of hydrogen-bond donors (Lipinski definition) is 1. The fourth-order valence-electron chi connectivity index (χ4n) is 2.16. The van der Waals surface area contributed by atoms with E-state index in [9.17, 15) is 18.3 Å². The summed E-state index contributed by atoms with van der Waals surface area (Å²) in [6.45, 7) is -0.739. The van der Waals surface area contributed by atoms with Crippen LogP contribution in [-0.2, 0) is 11.2 Å². The van der Waals surface area contributed by atoms with E-state index in [2.05, 4.69) is 4.74 Å². The van der Waals surface area contributed by atoms with Crippen LogP contribution in [0.25, 0.3) is 0 Å². The third kappa shape index (κ3) is 4.11. The number of ether oxygens (including phenoxy) is 2. The highest BCUT2D eigenvalue weighted by molar-refractivity contribution is 5.38. The molecule has 0 radical (unpaired) electrons. The third-order valence-electron chi connectivity index (χ3n) is 3.02. The van der Waals surface area contributed by atoms with Gasteiger partial charge in [0.05, 0.1) is 12.7 Å². The highest BCUT2D eigenvalue weighted by Crippen LogP contribution is 2.32. The number of fused-ring (bicyclic) bond motifs is 1. The quantitative estimate of drug-likeness (QED) is 0.859.